The van der Waals surface area contributed by atoms with Gasteiger partial charge in [0.15, 0.2) is 5.75 Å². The zero-order valence-electron chi connectivity index (χ0n) is 21.9. The number of hydrogen-bond acceptors (Lipinski definition) is 5. The second-order valence-electron chi connectivity index (χ2n) is 9.10. The van der Waals surface area contributed by atoms with Gasteiger partial charge in [-0.05, 0) is 41.8 Å². The van der Waals surface area contributed by atoms with Gasteiger partial charge in [0.2, 0.25) is 10.9 Å². The van der Waals surface area contributed by atoms with Gasteiger partial charge < -0.3 is 15.0 Å². The first-order valence-corrected chi connectivity index (χ1v) is 14.1. The van der Waals surface area contributed by atoms with Crippen LogP contribution < -0.4 is 14.8 Å². The molecule has 4 aromatic rings. The number of anilines is 2. The van der Waals surface area contributed by atoms with Crippen molar-refractivity contribution in [3.63, 3.8) is 0 Å². The van der Waals surface area contributed by atoms with E-state index < -0.39 is 10.9 Å². The van der Waals surface area contributed by atoms with Gasteiger partial charge in [-0.2, -0.15) is 0 Å². The maximum atomic E-state index is 14.0. The van der Waals surface area contributed by atoms with E-state index in [-0.39, 0.29) is 11.6 Å². The van der Waals surface area contributed by atoms with Crippen molar-refractivity contribution in [3.05, 3.63) is 120 Å². The summed E-state index contributed by atoms with van der Waals surface area (Å²) in [5.74, 6) is 0.636. The Kier molecular flexibility index (Phi) is 9.97. The van der Waals surface area contributed by atoms with E-state index in [1.807, 2.05) is 78.9 Å². The monoisotopic (exact) mass is 543 g/mol. The molecule has 0 aliphatic carbocycles. The molecule has 0 heterocycles. The van der Waals surface area contributed by atoms with Crippen LogP contribution in [-0.2, 0) is 24.0 Å². The minimum atomic E-state index is -3.01. The lowest BCUT2D eigenvalue weighted by atomic mass is 10.1. The summed E-state index contributed by atoms with van der Waals surface area (Å²) < 4.78 is 32.2. The van der Waals surface area contributed by atoms with Crippen molar-refractivity contribution in [1.82, 2.24) is 4.90 Å². The standard InChI is InChI=1S/C31H33N3O4S/c1-2-3-19-32-28-20-26(21-29(33-39(36)37)30(28)38-27-17-11-6-12-18-27)31(35)34(22-24-13-7-4-8-14-24)23-25-15-9-5-10-16-25/h4-18,20-21,32,39H,2-3,19,22-23H2,1H3,(H,33,36,37). The van der Waals surface area contributed by atoms with Crippen molar-refractivity contribution in [3.8, 4) is 11.5 Å². The number of carbonyl (C=O) groups is 1. The lowest BCUT2D eigenvalue weighted by Crippen LogP contribution is -2.30. The molecule has 4 rings (SSSR count). The van der Waals surface area contributed by atoms with Crippen molar-refractivity contribution in [2.75, 3.05) is 16.6 Å². The van der Waals surface area contributed by atoms with E-state index in [2.05, 4.69) is 17.0 Å². The van der Waals surface area contributed by atoms with Gasteiger partial charge in [-0.25, -0.2) is 8.42 Å². The maximum absolute atomic E-state index is 14.0. The predicted octanol–water partition coefficient (Wildman–Crippen LogP) is 6.47. The summed E-state index contributed by atoms with van der Waals surface area (Å²) in [6.45, 7) is 3.52. The van der Waals surface area contributed by atoms with Crippen LogP contribution in [0.15, 0.2) is 103 Å². The van der Waals surface area contributed by atoms with Crippen LogP contribution in [0.1, 0.15) is 41.3 Å². The van der Waals surface area contributed by atoms with Crippen LogP contribution >= 0.6 is 0 Å². The first-order valence-electron chi connectivity index (χ1n) is 13.0. The van der Waals surface area contributed by atoms with Gasteiger partial charge >= 0.3 is 0 Å². The molecule has 2 N–H and O–H groups in total. The minimum Gasteiger partial charge on any atom is -0.453 e. The molecule has 0 spiro atoms. The fraction of sp³-hybridized carbons (Fsp3) is 0.194. The summed E-state index contributed by atoms with van der Waals surface area (Å²) in [4.78, 5) is 15.8. The number of unbranched alkanes of at least 4 members (excludes halogenated alkanes) is 1. The maximum Gasteiger partial charge on any atom is 0.254 e. The molecule has 8 heteroatoms. The van der Waals surface area contributed by atoms with Crippen molar-refractivity contribution in [2.24, 2.45) is 0 Å². The summed E-state index contributed by atoms with van der Waals surface area (Å²) in [5, 5.41) is 3.35. The van der Waals surface area contributed by atoms with Crippen LogP contribution in [0, 0.1) is 0 Å². The van der Waals surface area contributed by atoms with Crippen molar-refractivity contribution in [2.45, 2.75) is 32.9 Å². The first kappa shape index (κ1) is 27.7. The summed E-state index contributed by atoms with van der Waals surface area (Å²) in [7, 11) is -3.01. The SMILES string of the molecule is CCCCNc1cc(C(=O)N(Cc2ccccc2)Cc2ccccc2)cc(N[SH](=O)=O)c1Oc1ccccc1. The third-order valence-corrected chi connectivity index (χ3v) is 6.50. The molecular formula is C31H33N3O4S. The molecule has 0 atom stereocenters. The van der Waals surface area contributed by atoms with Crippen LogP contribution in [0.4, 0.5) is 11.4 Å². The van der Waals surface area contributed by atoms with E-state index in [1.165, 1.54) is 0 Å². The fourth-order valence-electron chi connectivity index (χ4n) is 4.17. The number of nitrogens with zero attached hydrogens (tertiary/aromatic N) is 1. The summed E-state index contributed by atoms with van der Waals surface area (Å²) in [6, 6.07) is 32.0. The lowest BCUT2D eigenvalue weighted by Gasteiger charge is -2.25. The number of amides is 1. The molecule has 7 nitrogen and oxygen atoms in total. The van der Waals surface area contributed by atoms with Gasteiger partial charge in [-0.15, -0.1) is 0 Å². The molecule has 0 bridgehead atoms. The highest BCUT2D eigenvalue weighted by Crippen LogP contribution is 2.39. The molecule has 39 heavy (non-hydrogen) atoms. The van der Waals surface area contributed by atoms with Crippen molar-refractivity contribution in [1.29, 1.82) is 0 Å². The van der Waals surface area contributed by atoms with E-state index in [9.17, 15) is 13.2 Å². The molecule has 4 aromatic carbocycles. The lowest BCUT2D eigenvalue weighted by molar-refractivity contribution is 0.0730. The fourth-order valence-corrected chi connectivity index (χ4v) is 4.53. The molecular weight excluding hydrogens is 510 g/mol. The van der Waals surface area contributed by atoms with Crippen LogP contribution in [0.5, 0.6) is 11.5 Å². The summed E-state index contributed by atoms with van der Waals surface area (Å²) in [5.41, 5.74) is 3.07. The number of thiol groups is 1. The Bertz CT molecular complexity index is 1380. The van der Waals surface area contributed by atoms with Gasteiger partial charge in [-0.1, -0.05) is 92.2 Å². The molecule has 0 aromatic heterocycles. The molecule has 202 valence electrons. The molecule has 0 aliphatic heterocycles. The zero-order valence-corrected chi connectivity index (χ0v) is 22.8. The highest BCUT2D eigenvalue weighted by atomic mass is 32.2. The van der Waals surface area contributed by atoms with Gasteiger partial charge in [0.25, 0.3) is 5.91 Å². The summed E-state index contributed by atoms with van der Waals surface area (Å²) >= 11 is 0. The second kappa shape index (κ2) is 14.0. The van der Waals surface area contributed by atoms with Gasteiger partial charge in [0, 0.05) is 25.2 Å². The Labute approximate surface area is 231 Å². The Hall–Kier alpha value is -4.30. The number of nitrogens with one attached hydrogen (secondary N) is 2. The second-order valence-corrected chi connectivity index (χ2v) is 9.84. The van der Waals surface area contributed by atoms with Crippen LogP contribution in [0.3, 0.4) is 0 Å². The van der Waals surface area contributed by atoms with Crippen LogP contribution in [0.25, 0.3) is 0 Å². The molecule has 0 saturated carbocycles. The number of carbonyl (C=O) groups excluding carboxylic acids is 1. The highest BCUT2D eigenvalue weighted by molar-refractivity contribution is 7.73. The van der Waals surface area contributed by atoms with Gasteiger partial charge in [-0.3, -0.25) is 9.52 Å². The molecule has 0 unspecified atom stereocenters. The van der Waals surface area contributed by atoms with E-state index in [0.29, 0.717) is 42.4 Å². The largest absolute Gasteiger partial charge is 0.453 e. The molecule has 0 saturated heterocycles. The Morgan fingerprint density at radius 2 is 1.33 bits per heavy atom. The zero-order chi connectivity index (χ0) is 27.5. The third kappa shape index (κ3) is 8.09. The topological polar surface area (TPSA) is 87.7 Å². The van der Waals surface area contributed by atoms with Crippen LogP contribution in [-0.4, -0.2) is 25.8 Å². The number of hydrogen-bond donors (Lipinski definition) is 3. The third-order valence-electron chi connectivity index (χ3n) is 6.08. The Balaban J connectivity index is 1.76. The Morgan fingerprint density at radius 1 is 0.795 bits per heavy atom. The number of para-hydroxylation sites is 1. The first-order chi connectivity index (χ1) is 19.0. The van der Waals surface area contributed by atoms with Gasteiger partial charge in [0.1, 0.15) is 5.75 Å². The number of rotatable bonds is 13. The number of ether oxygens (including phenoxy) is 1. The normalized spacial score (nSPS) is 10.7. The van der Waals surface area contributed by atoms with E-state index in [0.717, 1.165) is 24.0 Å². The molecule has 0 radical (unpaired) electrons. The van der Waals surface area contributed by atoms with E-state index >= 15 is 0 Å². The van der Waals surface area contributed by atoms with Crippen LogP contribution in [0.2, 0.25) is 0 Å². The van der Waals surface area contributed by atoms with Crippen molar-refractivity contribution >= 4 is 28.2 Å². The molecule has 1 amide bonds. The molecule has 0 aliphatic rings. The summed E-state index contributed by atoms with van der Waals surface area (Å²) in [6.07, 6.45) is 1.87. The average Bonchev–Trinajstić information content (AvgIpc) is 2.95. The smallest absolute Gasteiger partial charge is 0.254 e. The van der Waals surface area contributed by atoms with E-state index in [4.69, 9.17) is 4.74 Å². The van der Waals surface area contributed by atoms with Crippen molar-refractivity contribution < 1.29 is 17.9 Å². The van der Waals surface area contributed by atoms with Gasteiger partial charge in [0.05, 0.1) is 11.4 Å². The van der Waals surface area contributed by atoms with E-state index in [1.54, 1.807) is 29.2 Å². The highest BCUT2D eigenvalue weighted by Gasteiger charge is 2.22. The Morgan fingerprint density at radius 3 is 1.87 bits per heavy atom. The average molecular weight is 544 g/mol. The minimum absolute atomic E-state index is 0.194. The number of benzene rings is 4. The predicted molar refractivity (Wildman–Crippen MR) is 157 cm³/mol. The molecule has 0 fully saturated rings. The quantitative estimate of drug-likeness (QED) is 0.133.